The number of nitrogens with two attached hydrogens (primary N) is 1. The zero-order chi connectivity index (χ0) is 13.5. The molecule has 0 saturated heterocycles. The Morgan fingerprint density at radius 1 is 1.44 bits per heavy atom. The molecule has 1 aromatic rings. The van der Waals surface area contributed by atoms with Crippen LogP contribution < -0.4 is 11.1 Å². The third-order valence-corrected chi connectivity index (χ3v) is 2.56. The van der Waals surface area contributed by atoms with Crippen molar-refractivity contribution in [2.75, 3.05) is 13.6 Å². The second-order valence-corrected chi connectivity index (χ2v) is 4.47. The van der Waals surface area contributed by atoms with Crippen molar-refractivity contribution in [3.05, 3.63) is 34.9 Å². The number of nitrogens with zero attached hydrogens (tertiary/aromatic N) is 1. The monoisotopic (exact) mass is 269 g/mol. The molecule has 0 aliphatic carbocycles. The van der Waals surface area contributed by atoms with Crippen molar-refractivity contribution in [1.82, 2.24) is 10.2 Å². The Hall–Kier alpha value is -1.59. The highest BCUT2D eigenvalue weighted by Crippen LogP contribution is 2.12. The van der Waals surface area contributed by atoms with Crippen molar-refractivity contribution >= 4 is 23.5 Å². The summed E-state index contributed by atoms with van der Waals surface area (Å²) in [6.07, 6.45) is 0.222. The van der Waals surface area contributed by atoms with E-state index in [1.807, 2.05) is 41.5 Å². The van der Waals surface area contributed by atoms with Crippen LogP contribution in [0.25, 0.3) is 0 Å². The van der Waals surface area contributed by atoms with Crippen LogP contribution in [0.1, 0.15) is 12.0 Å². The van der Waals surface area contributed by atoms with E-state index in [1.54, 1.807) is 0 Å². The highest BCUT2D eigenvalue weighted by Gasteiger charge is 2.07. The van der Waals surface area contributed by atoms with Gasteiger partial charge < -0.3 is 10.6 Å². The van der Waals surface area contributed by atoms with Gasteiger partial charge in [0.15, 0.2) is 0 Å². The highest BCUT2D eigenvalue weighted by molar-refractivity contribution is 6.30. The van der Waals surface area contributed by atoms with Gasteiger partial charge in [0.25, 0.3) is 0 Å². The molecule has 98 valence electrons. The lowest BCUT2D eigenvalue weighted by Gasteiger charge is -2.16. The molecule has 3 N–H and O–H groups in total. The predicted octanol–water partition coefficient (Wildman–Crippen LogP) is 1.36. The molecule has 6 heteroatoms. The van der Waals surface area contributed by atoms with Gasteiger partial charge in [-0.05, 0) is 24.7 Å². The average molecular weight is 270 g/mol. The molecule has 0 heterocycles. The Bertz CT molecular complexity index is 437. The van der Waals surface area contributed by atoms with Crippen LogP contribution in [0.2, 0.25) is 5.02 Å². The van der Waals surface area contributed by atoms with Gasteiger partial charge in [-0.1, -0.05) is 23.7 Å². The van der Waals surface area contributed by atoms with E-state index < -0.39 is 6.03 Å². The number of urea groups is 1. The first-order chi connectivity index (χ1) is 8.47. The van der Waals surface area contributed by atoms with Gasteiger partial charge >= 0.3 is 6.03 Å². The van der Waals surface area contributed by atoms with E-state index in [0.717, 1.165) is 5.56 Å². The second-order valence-electron chi connectivity index (χ2n) is 4.03. The van der Waals surface area contributed by atoms with E-state index in [0.29, 0.717) is 18.1 Å². The van der Waals surface area contributed by atoms with Crippen LogP contribution in [-0.2, 0) is 11.3 Å². The largest absolute Gasteiger partial charge is 0.351 e. The Morgan fingerprint density at radius 2 is 2.17 bits per heavy atom. The van der Waals surface area contributed by atoms with Crippen molar-refractivity contribution < 1.29 is 9.59 Å². The topological polar surface area (TPSA) is 75.4 Å². The van der Waals surface area contributed by atoms with E-state index in [2.05, 4.69) is 0 Å². The van der Waals surface area contributed by atoms with Crippen LogP contribution in [0.15, 0.2) is 24.3 Å². The minimum absolute atomic E-state index is 0.222. The van der Waals surface area contributed by atoms with Gasteiger partial charge in [0.1, 0.15) is 0 Å². The van der Waals surface area contributed by atoms with E-state index in [4.69, 9.17) is 17.3 Å². The van der Waals surface area contributed by atoms with Crippen molar-refractivity contribution in [3.8, 4) is 0 Å². The smallest absolute Gasteiger partial charge is 0.318 e. The Labute approximate surface area is 111 Å². The Balaban J connectivity index is 2.35. The average Bonchev–Trinajstić information content (AvgIpc) is 2.25. The number of rotatable bonds is 5. The number of carbonyl (C=O) groups excluding carboxylic acids is 2. The summed E-state index contributed by atoms with van der Waals surface area (Å²) in [6, 6.07) is 6.71. The van der Waals surface area contributed by atoms with Crippen LogP contribution >= 0.6 is 11.6 Å². The summed E-state index contributed by atoms with van der Waals surface area (Å²) < 4.78 is 0. The van der Waals surface area contributed by atoms with Gasteiger partial charge in [-0.3, -0.25) is 10.1 Å². The van der Waals surface area contributed by atoms with E-state index >= 15 is 0 Å². The summed E-state index contributed by atoms with van der Waals surface area (Å²) in [6.45, 7) is 1.22. The normalized spacial score (nSPS) is 10.4. The molecule has 18 heavy (non-hydrogen) atoms. The number of amides is 3. The first-order valence-electron chi connectivity index (χ1n) is 5.49. The molecule has 1 rings (SSSR count). The van der Waals surface area contributed by atoms with Gasteiger partial charge in [0.05, 0.1) is 0 Å². The van der Waals surface area contributed by atoms with Gasteiger partial charge in [0, 0.05) is 24.5 Å². The summed E-state index contributed by atoms with van der Waals surface area (Å²) in [5, 5.41) is 2.71. The van der Waals surface area contributed by atoms with Gasteiger partial charge in [-0.2, -0.15) is 0 Å². The first-order valence-corrected chi connectivity index (χ1v) is 5.87. The number of carbonyl (C=O) groups is 2. The third kappa shape index (κ3) is 5.65. The minimum atomic E-state index is -0.822. The molecule has 1 aromatic carbocycles. The zero-order valence-electron chi connectivity index (χ0n) is 10.1. The fraction of sp³-hybridized carbons (Fsp3) is 0.333. The molecule has 0 unspecified atom stereocenters. The standard InChI is InChI=1S/C12H16ClN3O2/c1-16(6-5-11(17)15-12(14)18)8-9-3-2-4-10(13)7-9/h2-4,7H,5-6,8H2,1H3,(H3,14,15,17,18). The lowest BCUT2D eigenvalue weighted by molar-refractivity contribution is -0.120. The van der Waals surface area contributed by atoms with Gasteiger partial charge in [-0.25, -0.2) is 4.79 Å². The fourth-order valence-corrected chi connectivity index (χ4v) is 1.73. The van der Waals surface area contributed by atoms with E-state index in [9.17, 15) is 9.59 Å². The molecule has 0 aliphatic heterocycles. The molecule has 3 amide bonds. The third-order valence-electron chi connectivity index (χ3n) is 2.32. The molecular weight excluding hydrogens is 254 g/mol. The molecule has 0 aromatic heterocycles. The highest BCUT2D eigenvalue weighted by atomic mass is 35.5. The van der Waals surface area contributed by atoms with E-state index in [1.165, 1.54) is 0 Å². The summed E-state index contributed by atoms with van der Waals surface area (Å²) in [5.41, 5.74) is 5.91. The zero-order valence-corrected chi connectivity index (χ0v) is 10.9. The number of halogens is 1. The van der Waals surface area contributed by atoms with Crippen LogP contribution in [0.4, 0.5) is 4.79 Å². The van der Waals surface area contributed by atoms with Crippen LogP contribution in [0, 0.1) is 0 Å². The number of hydrogen-bond acceptors (Lipinski definition) is 3. The number of benzene rings is 1. The SMILES string of the molecule is CN(CCC(=O)NC(N)=O)Cc1cccc(Cl)c1. The molecule has 0 spiro atoms. The number of hydrogen-bond donors (Lipinski definition) is 2. The molecule has 0 bridgehead atoms. The molecular formula is C12H16ClN3O2. The van der Waals surface area contributed by atoms with E-state index in [-0.39, 0.29) is 12.3 Å². The summed E-state index contributed by atoms with van der Waals surface area (Å²) >= 11 is 5.88. The molecule has 5 nitrogen and oxygen atoms in total. The number of primary amides is 1. The summed E-state index contributed by atoms with van der Waals surface area (Å²) in [4.78, 5) is 23.6. The van der Waals surface area contributed by atoms with Crippen LogP contribution in [-0.4, -0.2) is 30.4 Å². The van der Waals surface area contributed by atoms with Crippen molar-refractivity contribution in [2.24, 2.45) is 5.73 Å². The quantitative estimate of drug-likeness (QED) is 0.847. The second kappa shape index (κ2) is 6.98. The van der Waals surface area contributed by atoms with Gasteiger partial charge in [-0.15, -0.1) is 0 Å². The lowest BCUT2D eigenvalue weighted by atomic mass is 10.2. The number of nitrogens with one attached hydrogen (secondary N) is 1. The predicted molar refractivity (Wildman–Crippen MR) is 70.1 cm³/mol. The van der Waals surface area contributed by atoms with Crippen LogP contribution in [0.5, 0.6) is 0 Å². The maximum atomic E-state index is 11.2. The summed E-state index contributed by atoms with van der Waals surface area (Å²) in [7, 11) is 1.89. The van der Waals surface area contributed by atoms with Crippen molar-refractivity contribution in [1.29, 1.82) is 0 Å². The Kier molecular flexibility index (Phi) is 5.61. The van der Waals surface area contributed by atoms with Crippen molar-refractivity contribution in [3.63, 3.8) is 0 Å². The lowest BCUT2D eigenvalue weighted by Crippen LogP contribution is -2.36. The number of imide groups is 1. The van der Waals surface area contributed by atoms with Gasteiger partial charge in [0.2, 0.25) is 5.91 Å². The molecule has 0 atom stereocenters. The fourth-order valence-electron chi connectivity index (χ4n) is 1.52. The molecule has 0 fully saturated rings. The molecule has 0 radical (unpaired) electrons. The molecule has 0 saturated carbocycles. The van der Waals surface area contributed by atoms with Crippen LogP contribution in [0.3, 0.4) is 0 Å². The summed E-state index contributed by atoms with van der Waals surface area (Å²) in [5.74, 6) is -0.375. The maximum absolute atomic E-state index is 11.2. The van der Waals surface area contributed by atoms with Crippen molar-refractivity contribution in [2.45, 2.75) is 13.0 Å². The molecule has 0 aliphatic rings. The first kappa shape index (κ1) is 14.5. The minimum Gasteiger partial charge on any atom is -0.351 e. The Morgan fingerprint density at radius 3 is 2.78 bits per heavy atom. The maximum Gasteiger partial charge on any atom is 0.318 e.